The Bertz CT molecular complexity index is 411. The summed E-state index contributed by atoms with van der Waals surface area (Å²) in [5, 5.41) is 3.35. The van der Waals surface area contributed by atoms with Crippen molar-refractivity contribution in [2.45, 2.75) is 32.2 Å². The topological polar surface area (TPSA) is 21.3 Å². The molecule has 0 saturated carbocycles. The first-order chi connectivity index (χ1) is 8.20. The molecule has 0 aliphatic heterocycles. The van der Waals surface area contributed by atoms with Crippen molar-refractivity contribution >= 4 is 0 Å². The van der Waals surface area contributed by atoms with Crippen LogP contribution in [-0.4, -0.2) is 13.7 Å². The van der Waals surface area contributed by atoms with E-state index in [1.165, 1.54) is 23.1 Å². The lowest BCUT2D eigenvalue weighted by Gasteiger charge is -2.11. The van der Waals surface area contributed by atoms with Gasteiger partial charge in [0.1, 0.15) is 5.75 Å². The number of fused-ring (bicyclic) bond motifs is 1. The molecule has 1 atom stereocenters. The Hall–Kier alpha value is -1.28. The summed E-state index contributed by atoms with van der Waals surface area (Å²) in [6.45, 7) is 6.63. The Morgan fingerprint density at radius 2 is 2.35 bits per heavy atom. The molecule has 1 aromatic rings. The number of nitrogens with one attached hydrogen (secondary N) is 1. The van der Waals surface area contributed by atoms with Crippen molar-refractivity contribution in [2.24, 2.45) is 0 Å². The molecule has 1 N–H and O–H groups in total. The maximum absolute atomic E-state index is 5.73. The van der Waals surface area contributed by atoms with E-state index in [0.29, 0.717) is 6.04 Å². The van der Waals surface area contributed by atoms with Crippen LogP contribution in [0.2, 0.25) is 0 Å². The van der Waals surface area contributed by atoms with Crippen LogP contribution in [0.4, 0.5) is 0 Å². The predicted octanol–water partition coefficient (Wildman–Crippen LogP) is 3.24. The lowest BCUT2D eigenvalue weighted by atomic mass is 10.1. The fourth-order valence-corrected chi connectivity index (χ4v) is 2.33. The highest BCUT2D eigenvalue weighted by Gasteiger charge is 2.20. The second-order valence-electron chi connectivity index (χ2n) is 4.80. The molecule has 1 aromatic carbocycles. The van der Waals surface area contributed by atoms with Crippen molar-refractivity contribution in [1.29, 1.82) is 0 Å². The molecule has 0 amide bonds. The average Bonchev–Trinajstić information content (AvgIpc) is 2.70. The van der Waals surface area contributed by atoms with Crippen molar-refractivity contribution in [3.8, 4) is 5.75 Å². The van der Waals surface area contributed by atoms with Gasteiger partial charge in [0.05, 0.1) is 6.61 Å². The number of benzene rings is 1. The van der Waals surface area contributed by atoms with Gasteiger partial charge in [-0.1, -0.05) is 11.6 Å². The molecule has 0 saturated heterocycles. The van der Waals surface area contributed by atoms with Crippen molar-refractivity contribution in [1.82, 2.24) is 5.32 Å². The molecule has 2 rings (SSSR count). The number of hydrogen-bond acceptors (Lipinski definition) is 2. The average molecular weight is 231 g/mol. The molecule has 0 bridgehead atoms. The monoisotopic (exact) mass is 231 g/mol. The number of hydrogen-bond donors (Lipinski definition) is 1. The van der Waals surface area contributed by atoms with Crippen LogP contribution in [0.3, 0.4) is 0 Å². The van der Waals surface area contributed by atoms with E-state index in [9.17, 15) is 0 Å². The molecule has 92 valence electrons. The lowest BCUT2D eigenvalue weighted by molar-refractivity contribution is 0.321. The molecule has 0 fully saturated rings. The molecular formula is C15H21NO. The molecule has 1 aliphatic rings. The summed E-state index contributed by atoms with van der Waals surface area (Å²) in [7, 11) is 2.02. The van der Waals surface area contributed by atoms with Crippen molar-refractivity contribution < 1.29 is 4.74 Å². The zero-order chi connectivity index (χ0) is 12.3. The number of rotatable bonds is 5. The number of aryl methyl sites for hydroxylation is 1. The first-order valence-electron chi connectivity index (χ1n) is 6.28. The minimum Gasteiger partial charge on any atom is -0.493 e. The van der Waals surface area contributed by atoms with Crippen LogP contribution >= 0.6 is 0 Å². The van der Waals surface area contributed by atoms with Gasteiger partial charge in [0.2, 0.25) is 0 Å². The largest absolute Gasteiger partial charge is 0.493 e. The summed E-state index contributed by atoms with van der Waals surface area (Å²) in [5.74, 6) is 0.988. The van der Waals surface area contributed by atoms with Crippen LogP contribution in [0.15, 0.2) is 30.4 Å². The van der Waals surface area contributed by atoms with E-state index in [1.54, 1.807) is 0 Å². The van der Waals surface area contributed by atoms with Gasteiger partial charge in [-0.05, 0) is 50.1 Å². The van der Waals surface area contributed by atoms with Gasteiger partial charge in [0.25, 0.3) is 0 Å². The Balaban J connectivity index is 2.00. The first-order valence-corrected chi connectivity index (χ1v) is 6.28. The van der Waals surface area contributed by atoms with Crippen molar-refractivity contribution in [3.63, 3.8) is 0 Å². The molecule has 0 heterocycles. The standard InChI is InChI=1S/C15H21NO/c1-11(2)8-9-17-13-5-6-14-12(10-13)4-7-15(14)16-3/h5-6,10,15-16H,1,4,7-9H2,2-3H3. The van der Waals surface area contributed by atoms with Crippen LogP contribution in [0.25, 0.3) is 0 Å². The summed E-state index contributed by atoms with van der Waals surface area (Å²) < 4.78 is 5.73. The van der Waals surface area contributed by atoms with Crippen molar-refractivity contribution in [3.05, 3.63) is 41.5 Å². The molecule has 17 heavy (non-hydrogen) atoms. The Morgan fingerprint density at radius 3 is 3.06 bits per heavy atom. The maximum atomic E-state index is 5.73. The van der Waals surface area contributed by atoms with Crippen LogP contribution in [0.1, 0.15) is 36.9 Å². The van der Waals surface area contributed by atoms with E-state index in [4.69, 9.17) is 4.74 Å². The summed E-state index contributed by atoms with van der Waals surface area (Å²) in [6, 6.07) is 6.98. The normalized spacial score (nSPS) is 17.9. The Kier molecular flexibility index (Phi) is 3.85. The third kappa shape index (κ3) is 2.89. The summed E-state index contributed by atoms with van der Waals surface area (Å²) in [4.78, 5) is 0. The van der Waals surface area contributed by atoms with Crippen LogP contribution in [-0.2, 0) is 6.42 Å². The highest BCUT2D eigenvalue weighted by atomic mass is 16.5. The first kappa shape index (κ1) is 12.2. The Morgan fingerprint density at radius 1 is 1.53 bits per heavy atom. The number of ether oxygens (including phenoxy) is 1. The van der Waals surface area contributed by atoms with Crippen molar-refractivity contribution in [2.75, 3.05) is 13.7 Å². The van der Waals surface area contributed by atoms with Gasteiger partial charge in [-0.2, -0.15) is 0 Å². The zero-order valence-electron chi connectivity index (χ0n) is 10.8. The fourth-order valence-electron chi connectivity index (χ4n) is 2.33. The molecule has 1 aliphatic carbocycles. The van der Waals surface area contributed by atoms with E-state index in [1.807, 2.05) is 14.0 Å². The van der Waals surface area contributed by atoms with Gasteiger partial charge < -0.3 is 10.1 Å². The smallest absolute Gasteiger partial charge is 0.119 e. The highest BCUT2D eigenvalue weighted by molar-refractivity contribution is 5.40. The van der Waals surface area contributed by atoms with Gasteiger partial charge in [-0.25, -0.2) is 0 Å². The second kappa shape index (κ2) is 5.37. The summed E-state index contributed by atoms with van der Waals surface area (Å²) >= 11 is 0. The molecule has 2 heteroatoms. The van der Waals surface area contributed by atoms with E-state index in [-0.39, 0.29) is 0 Å². The fraction of sp³-hybridized carbons (Fsp3) is 0.467. The molecule has 0 spiro atoms. The minimum atomic E-state index is 0.523. The van der Waals surface area contributed by atoms with E-state index < -0.39 is 0 Å². The van der Waals surface area contributed by atoms with Crippen LogP contribution in [0, 0.1) is 0 Å². The summed E-state index contributed by atoms with van der Waals surface area (Å²) in [6.07, 6.45) is 3.27. The SMILES string of the molecule is C=C(C)CCOc1ccc2c(c1)CCC2NC. The van der Waals surface area contributed by atoms with Gasteiger partial charge >= 0.3 is 0 Å². The molecule has 0 radical (unpaired) electrons. The van der Waals surface area contributed by atoms with Crippen LogP contribution in [0.5, 0.6) is 5.75 Å². The molecule has 0 aromatic heterocycles. The maximum Gasteiger partial charge on any atom is 0.119 e. The lowest BCUT2D eigenvalue weighted by Crippen LogP contribution is -2.12. The predicted molar refractivity (Wildman–Crippen MR) is 71.5 cm³/mol. The highest BCUT2D eigenvalue weighted by Crippen LogP contribution is 2.33. The molecular weight excluding hydrogens is 210 g/mol. The van der Waals surface area contributed by atoms with Crippen LogP contribution < -0.4 is 10.1 Å². The quantitative estimate of drug-likeness (QED) is 0.785. The van der Waals surface area contributed by atoms with E-state index >= 15 is 0 Å². The van der Waals surface area contributed by atoms with Gasteiger partial charge in [0, 0.05) is 12.5 Å². The minimum absolute atomic E-state index is 0.523. The Labute approximate surface area is 104 Å². The molecule has 2 nitrogen and oxygen atoms in total. The summed E-state index contributed by atoms with van der Waals surface area (Å²) in [5.41, 5.74) is 4.03. The molecule has 1 unspecified atom stereocenters. The van der Waals surface area contributed by atoms with Gasteiger partial charge in [-0.15, -0.1) is 6.58 Å². The third-order valence-electron chi connectivity index (χ3n) is 3.34. The third-order valence-corrected chi connectivity index (χ3v) is 3.34. The second-order valence-corrected chi connectivity index (χ2v) is 4.80. The van der Waals surface area contributed by atoms with Gasteiger partial charge in [0.15, 0.2) is 0 Å². The van der Waals surface area contributed by atoms with E-state index in [2.05, 4.69) is 30.1 Å². The zero-order valence-corrected chi connectivity index (χ0v) is 10.8. The van der Waals surface area contributed by atoms with E-state index in [0.717, 1.165) is 25.2 Å². The van der Waals surface area contributed by atoms with Gasteiger partial charge in [-0.3, -0.25) is 0 Å².